The van der Waals surface area contributed by atoms with E-state index in [2.05, 4.69) is 28.0 Å². The minimum absolute atomic E-state index is 0.828. The van der Waals surface area contributed by atoms with Gasteiger partial charge in [0.1, 0.15) is 5.75 Å². The molecule has 118 valence electrons. The first kappa shape index (κ1) is 16.3. The van der Waals surface area contributed by atoms with Crippen molar-refractivity contribution in [2.45, 2.75) is 25.8 Å². The molecule has 1 aliphatic heterocycles. The second-order valence-electron chi connectivity index (χ2n) is 5.82. The number of piperazine rings is 1. The minimum atomic E-state index is 0.828. The van der Waals surface area contributed by atoms with Gasteiger partial charge in [0, 0.05) is 32.7 Å². The molecule has 0 unspecified atom stereocenters. The first-order valence-electron chi connectivity index (χ1n) is 8.09. The van der Waals surface area contributed by atoms with E-state index in [-0.39, 0.29) is 0 Å². The number of nitrogens with zero attached hydrogens (tertiary/aromatic N) is 2. The molecule has 21 heavy (non-hydrogen) atoms. The quantitative estimate of drug-likeness (QED) is 0.743. The number of methoxy groups -OCH3 is 1. The lowest BCUT2D eigenvalue weighted by atomic mass is 10.1. The summed E-state index contributed by atoms with van der Waals surface area (Å²) >= 11 is 0. The summed E-state index contributed by atoms with van der Waals surface area (Å²) in [6.07, 6.45) is 3.71. The van der Waals surface area contributed by atoms with Gasteiger partial charge in [-0.25, -0.2) is 0 Å². The first-order chi connectivity index (χ1) is 10.3. The lowest BCUT2D eigenvalue weighted by molar-refractivity contribution is 0.125. The number of benzene rings is 1. The summed E-state index contributed by atoms with van der Waals surface area (Å²) in [7, 11) is 1.72. The van der Waals surface area contributed by atoms with Gasteiger partial charge in [0.2, 0.25) is 0 Å². The van der Waals surface area contributed by atoms with Crippen LogP contribution in [0.3, 0.4) is 0 Å². The zero-order chi connectivity index (χ0) is 14.9. The summed E-state index contributed by atoms with van der Waals surface area (Å²) in [5.41, 5.74) is 6.87. The van der Waals surface area contributed by atoms with E-state index in [9.17, 15) is 0 Å². The van der Waals surface area contributed by atoms with E-state index in [1.54, 1.807) is 7.11 Å². The van der Waals surface area contributed by atoms with Crippen molar-refractivity contribution < 1.29 is 4.74 Å². The fraction of sp³-hybridized carbons (Fsp3) is 0.647. The van der Waals surface area contributed by atoms with E-state index in [1.807, 2.05) is 6.07 Å². The van der Waals surface area contributed by atoms with Crippen molar-refractivity contribution in [2.75, 3.05) is 46.4 Å². The van der Waals surface area contributed by atoms with Crippen LogP contribution in [-0.2, 0) is 6.54 Å². The van der Waals surface area contributed by atoms with Crippen LogP contribution in [0.2, 0.25) is 0 Å². The number of nitrogens with two attached hydrogens (primary N) is 1. The van der Waals surface area contributed by atoms with Crippen LogP contribution in [0, 0.1) is 0 Å². The highest BCUT2D eigenvalue weighted by Crippen LogP contribution is 2.15. The van der Waals surface area contributed by atoms with Crippen LogP contribution in [0.25, 0.3) is 0 Å². The highest BCUT2D eigenvalue weighted by atomic mass is 16.5. The Hall–Kier alpha value is -1.10. The third kappa shape index (κ3) is 5.65. The monoisotopic (exact) mass is 291 g/mol. The fourth-order valence-corrected chi connectivity index (χ4v) is 2.86. The maximum absolute atomic E-state index is 5.53. The number of hydrogen-bond donors (Lipinski definition) is 1. The van der Waals surface area contributed by atoms with Crippen molar-refractivity contribution in [1.29, 1.82) is 0 Å². The van der Waals surface area contributed by atoms with Crippen molar-refractivity contribution in [3.05, 3.63) is 29.8 Å². The highest BCUT2D eigenvalue weighted by molar-refractivity contribution is 5.28. The Morgan fingerprint density at radius 3 is 2.52 bits per heavy atom. The second-order valence-corrected chi connectivity index (χ2v) is 5.82. The number of ether oxygens (including phenoxy) is 1. The molecule has 1 fully saturated rings. The molecule has 0 aliphatic carbocycles. The molecule has 0 saturated carbocycles. The minimum Gasteiger partial charge on any atom is -0.497 e. The number of unbranched alkanes of at least 4 members (excludes halogenated alkanes) is 2. The van der Waals surface area contributed by atoms with Crippen molar-refractivity contribution in [3.8, 4) is 5.75 Å². The maximum Gasteiger partial charge on any atom is 0.119 e. The molecule has 0 radical (unpaired) electrons. The van der Waals surface area contributed by atoms with Gasteiger partial charge in [0.05, 0.1) is 7.11 Å². The summed E-state index contributed by atoms with van der Waals surface area (Å²) in [6, 6.07) is 8.39. The molecule has 0 amide bonds. The van der Waals surface area contributed by atoms with E-state index in [0.29, 0.717) is 0 Å². The predicted molar refractivity (Wildman–Crippen MR) is 87.6 cm³/mol. The normalized spacial score (nSPS) is 17.0. The molecular weight excluding hydrogens is 262 g/mol. The molecule has 4 nitrogen and oxygen atoms in total. The summed E-state index contributed by atoms with van der Waals surface area (Å²) in [5, 5.41) is 0. The fourth-order valence-electron chi connectivity index (χ4n) is 2.86. The summed E-state index contributed by atoms with van der Waals surface area (Å²) < 4.78 is 5.29. The van der Waals surface area contributed by atoms with Crippen LogP contribution < -0.4 is 10.5 Å². The van der Waals surface area contributed by atoms with Crippen LogP contribution >= 0.6 is 0 Å². The topological polar surface area (TPSA) is 41.7 Å². The maximum atomic E-state index is 5.53. The Morgan fingerprint density at radius 2 is 1.81 bits per heavy atom. The largest absolute Gasteiger partial charge is 0.497 e. The van der Waals surface area contributed by atoms with Crippen LogP contribution in [-0.4, -0.2) is 56.2 Å². The number of rotatable bonds is 8. The van der Waals surface area contributed by atoms with Gasteiger partial charge < -0.3 is 15.4 Å². The highest BCUT2D eigenvalue weighted by Gasteiger charge is 2.16. The van der Waals surface area contributed by atoms with Crippen molar-refractivity contribution in [2.24, 2.45) is 5.73 Å². The van der Waals surface area contributed by atoms with Gasteiger partial charge in [-0.3, -0.25) is 4.90 Å². The van der Waals surface area contributed by atoms with Gasteiger partial charge in [0.15, 0.2) is 0 Å². The zero-order valence-electron chi connectivity index (χ0n) is 13.3. The molecular formula is C17H29N3O. The van der Waals surface area contributed by atoms with Gasteiger partial charge in [0.25, 0.3) is 0 Å². The molecule has 2 rings (SSSR count). The average Bonchev–Trinajstić information content (AvgIpc) is 2.53. The van der Waals surface area contributed by atoms with Crippen LogP contribution in [0.5, 0.6) is 5.75 Å². The molecule has 1 aromatic rings. The molecule has 1 saturated heterocycles. The molecule has 1 aliphatic rings. The van der Waals surface area contributed by atoms with Crippen LogP contribution in [0.15, 0.2) is 24.3 Å². The molecule has 0 spiro atoms. The summed E-state index contributed by atoms with van der Waals surface area (Å²) in [5.74, 6) is 0.950. The van der Waals surface area contributed by atoms with E-state index in [1.165, 1.54) is 38.0 Å². The zero-order valence-corrected chi connectivity index (χ0v) is 13.3. The molecule has 2 N–H and O–H groups in total. The summed E-state index contributed by atoms with van der Waals surface area (Å²) in [4.78, 5) is 5.11. The van der Waals surface area contributed by atoms with E-state index >= 15 is 0 Å². The van der Waals surface area contributed by atoms with E-state index < -0.39 is 0 Å². The average molecular weight is 291 g/mol. The molecule has 0 bridgehead atoms. The smallest absolute Gasteiger partial charge is 0.119 e. The molecule has 0 aromatic heterocycles. The Morgan fingerprint density at radius 1 is 1.05 bits per heavy atom. The molecule has 1 heterocycles. The Balaban J connectivity index is 1.68. The Kier molecular flexibility index (Phi) is 7.00. The van der Waals surface area contributed by atoms with Crippen LogP contribution in [0.1, 0.15) is 24.8 Å². The van der Waals surface area contributed by atoms with Crippen molar-refractivity contribution in [1.82, 2.24) is 9.80 Å². The third-order valence-corrected chi connectivity index (χ3v) is 4.18. The Bertz CT molecular complexity index is 403. The Labute approximate surface area is 128 Å². The van der Waals surface area contributed by atoms with E-state index in [4.69, 9.17) is 10.5 Å². The molecule has 0 atom stereocenters. The molecule has 4 heteroatoms. The van der Waals surface area contributed by atoms with Crippen LogP contribution in [0.4, 0.5) is 0 Å². The van der Waals surface area contributed by atoms with Gasteiger partial charge >= 0.3 is 0 Å². The van der Waals surface area contributed by atoms with Gasteiger partial charge in [-0.1, -0.05) is 18.6 Å². The lowest BCUT2D eigenvalue weighted by Crippen LogP contribution is -2.46. The van der Waals surface area contributed by atoms with Gasteiger partial charge in [-0.05, 0) is 43.6 Å². The van der Waals surface area contributed by atoms with Crippen molar-refractivity contribution in [3.63, 3.8) is 0 Å². The molecule has 1 aromatic carbocycles. The standard InChI is InChI=1S/C17H29N3O/c1-21-17-7-5-6-16(14-17)15-20-12-10-19(11-13-20)9-4-2-3-8-18/h5-7,14H,2-4,8-13,15,18H2,1H3. The number of hydrogen-bond acceptors (Lipinski definition) is 4. The van der Waals surface area contributed by atoms with Gasteiger partial charge in [-0.15, -0.1) is 0 Å². The van der Waals surface area contributed by atoms with Crippen molar-refractivity contribution >= 4 is 0 Å². The van der Waals surface area contributed by atoms with Gasteiger partial charge in [-0.2, -0.15) is 0 Å². The predicted octanol–water partition coefficient (Wildman–Crippen LogP) is 1.94. The lowest BCUT2D eigenvalue weighted by Gasteiger charge is -2.34. The first-order valence-corrected chi connectivity index (χ1v) is 8.09. The SMILES string of the molecule is COc1cccc(CN2CCN(CCCCCN)CC2)c1. The second kappa shape index (κ2) is 9.03. The van der Waals surface area contributed by atoms with E-state index in [0.717, 1.165) is 38.3 Å². The summed E-state index contributed by atoms with van der Waals surface area (Å²) in [6.45, 7) is 7.78. The third-order valence-electron chi connectivity index (χ3n) is 4.18.